The van der Waals surface area contributed by atoms with Crippen molar-refractivity contribution in [3.05, 3.63) is 107 Å². The van der Waals surface area contributed by atoms with Crippen molar-refractivity contribution in [1.82, 2.24) is 9.55 Å². The molecule has 0 saturated heterocycles. The molecule has 172 valence electrons. The van der Waals surface area contributed by atoms with E-state index in [9.17, 15) is 4.79 Å². The lowest BCUT2D eigenvalue weighted by Crippen LogP contribution is -3.00. The van der Waals surface area contributed by atoms with Gasteiger partial charge in [0.15, 0.2) is 0 Å². The molecule has 0 aliphatic heterocycles. The second kappa shape index (κ2) is 12.2. The molecule has 0 aliphatic carbocycles. The van der Waals surface area contributed by atoms with Gasteiger partial charge in [-0.3, -0.25) is 9.36 Å². The molecule has 0 bridgehead atoms. The predicted octanol–water partition coefficient (Wildman–Crippen LogP) is 0.564. The van der Waals surface area contributed by atoms with Gasteiger partial charge in [0.2, 0.25) is 0 Å². The van der Waals surface area contributed by atoms with Crippen LogP contribution in [0.2, 0.25) is 0 Å². The fourth-order valence-electron chi connectivity index (χ4n) is 3.85. The molecule has 0 fully saturated rings. The highest BCUT2D eigenvalue weighted by Crippen LogP contribution is 2.15. The molecule has 2 N–H and O–H groups in total. The van der Waals surface area contributed by atoms with E-state index in [1.54, 1.807) is 10.9 Å². The van der Waals surface area contributed by atoms with Crippen LogP contribution in [0.25, 0.3) is 10.9 Å². The highest BCUT2D eigenvalue weighted by Gasteiger charge is 2.08. The molecule has 4 aromatic rings. The van der Waals surface area contributed by atoms with E-state index in [-0.39, 0.29) is 18.0 Å². The van der Waals surface area contributed by atoms with Crippen LogP contribution in [0, 0.1) is 0 Å². The van der Waals surface area contributed by atoms with Crippen LogP contribution in [0.3, 0.4) is 0 Å². The summed E-state index contributed by atoms with van der Waals surface area (Å²) in [5.41, 5.74) is 3.26. The molecule has 0 saturated carbocycles. The van der Waals surface area contributed by atoms with E-state index in [0.717, 1.165) is 30.7 Å². The molecule has 4 rings (SSSR count). The number of nitrogens with two attached hydrogens (primary N) is 1. The fourth-order valence-corrected chi connectivity index (χ4v) is 3.85. The van der Waals surface area contributed by atoms with Crippen molar-refractivity contribution in [1.29, 1.82) is 0 Å². The summed E-state index contributed by atoms with van der Waals surface area (Å²) in [6, 6.07) is 26.5. The summed E-state index contributed by atoms with van der Waals surface area (Å²) in [4.78, 5) is 16.9. The van der Waals surface area contributed by atoms with E-state index in [1.807, 2.05) is 54.6 Å². The SMILES string of the molecule is CC(Cc1ccc(OCc2ccccc2)cc1)[NH2+]CCCn1cnc2ccccc2c1=O.[Cl-]. The van der Waals surface area contributed by atoms with Crippen molar-refractivity contribution in [3.8, 4) is 5.75 Å². The first-order valence-corrected chi connectivity index (χ1v) is 11.2. The van der Waals surface area contributed by atoms with Gasteiger partial charge in [0, 0.05) is 19.4 Å². The first-order valence-electron chi connectivity index (χ1n) is 11.2. The molecule has 0 aliphatic rings. The van der Waals surface area contributed by atoms with Crippen LogP contribution in [0.5, 0.6) is 5.75 Å². The maximum Gasteiger partial charge on any atom is 0.261 e. The highest BCUT2D eigenvalue weighted by molar-refractivity contribution is 5.76. The van der Waals surface area contributed by atoms with Crippen molar-refractivity contribution in [2.45, 2.75) is 39.0 Å². The standard InChI is InChI=1S/C27H29N3O2.ClH/c1-21(18-22-12-14-24(15-13-22)32-19-23-8-3-2-4-9-23)28-16-7-17-30-20-29-26-11-6-5-10-25(26)27(30)31;/h2-6,8-15,20-21,28H,7,16-19H2,1H3;1H. The van der Waals surface area contributed by atoms with Crippen molar-refractivity contribution < 1.29 is 22.5 Å². The minimum absolute atomic E-state index is 0. The molecular weight excluding hydrogens is 434 g/mol. The number of quaternary nitrogens is 1. The lowest BCUT2D eigenvalue weighted by atomic mass is 10.1. The normalized spacial score (nSPS) is 11.7. The van der Waals surface area contributed by atoms with Crippen molar-refractivity contribution >= 4 is 10.9 Å². The number of hydrogen-bond donors (Lipinski definition) is 1. The highest BCUT2D eigenvalue weighted by atomic mass is 35.5. The zero-order chi connectivity index (χ0) is 22.2. The number of halogens is 1. The molecule has 1 heterocycles. The lowest BCUT2D eigenvalue weighted by Gasteiger charge is -2.12. The summed E-state index contributed by atoms with van der Waals surface area (Å²) >= 11 is 0. The maximum atomic E-state index is 12.6. The van der Waals surface area contributed by atoms with Gasteiger partial charge in [0.05, 0.1) is 29.8 Å². The molecular formula is C27H30ClN3O2. The molecule has 1 atom stereocenters. The minimum Gasteiger partial charge on any atom is -1.00 e. The molecule has 33 heavy (non-hydrogen) atoms. The molecule has 1 unspecified atom stereocenters. The fraction of sp³-hybridized carbons (Fsp3) is 0.259. The van der Waals surface area contributed by atoms with Gasteiger partial charge in [0.25, 0.3) is 5.56 Å². The summed E-state index contributed by atoms with van der Waals surface area (Å²) in [5, 5.41) is 3.03. The Morgan fingerprint density at radius 3 is 2.45 bits per heavy atom. The average molecular weight is 464 g/mol. The number of ether oxygens (including phenoxy) is 1. The summed E-state index contributed by atoms with van der Waals surface area (Å²) < 4.78 is 7.59. The molecule has 6 heteroatoms. The summed E-state index contributed by atoms with van der Waals surface area (Å²) in [7, 11) is 0. The Hall–Kier alpha value is -3.15. The van der Waals surface area contributed by atoms with E-state index in [0.29, 0.717) is 24.6 Å². The van der Waals surface area contributed by atoms with Crippen LogP contribution in [0.4, 0.5) is 0 Å². The van der Waals surface area contributed by atoms with Gasteiger partial charge in [-0.25, -0.2) is 4.98 Å². The first kappa shape index (κ1) is 24.5. The Morgan fingerprint density at radius 1 is 0.939 bits per heavy atom. The first-order chi connectivity index (χ1) is 15.7. The second-order valence-electron chi connectivity index (χ2n) is 8.24. The number of hydrogen-bond acceptors (Lipinski definition) is 3. The number of fused-ring (bicyclic) bond motifs is 1. The van der Waals surface area contributed by atoms with Crippen LogP contribution in [-0.4, -0.2) is 22.1 Å². The van der Waals surface area contributed by atoms with E-state index >= 15 is 0 Å². The van der Waals surface area contributed by atoms with Gasteiger partial charge < -0.3 is 22.5 Å². The van der Waals surface area contributed by atoms with E-state index in [4.69, 9.17) is 4.74 Å². The molecule has 5 nitrogen and oxygen atoms in total. The van der Waals surface area contributed by atoms with Crippen molar-refractivity contribution in [2.24, 2.45) is 0 Å². The summed E-state index contributed by atoms with van der Waals surface area (Å²) in [5.74, 6) is 0.892. The monoisotopic (exact) mass is 463 g/mol. The van der Waals surface area contributed by atoms with Crippen molar-refractivity contribution in [3.63, 3.8) is 0 Å². The van der Waals surface area contributed by atoms with Gasteiger partial charge in [-0.2, -0.15) is 0 Å². The van der Waals surface area contributed by atoms with Gasteiger partial charge >= 0.3 is 0 Å². The third-order valence-corrected chi connectivity index (χ3v) is 5.63. The smallest absolute Gasteiger partial charge is 0.261 e. The molecule has 1 aromatic heterocycles. The van der Waals surface area contributed by atoms with Crippen LogP contribution in [0.1, 0.15) is 24.5 Å². The number of aryl methyl sites for hydroxylation is 1. The van der Waals surface area contributed by atoms with Crippen LogP contribution in [0.15, 0.2) is 90.0 Å². The summed E-state index contributed by atoms with van der Waals surface area (Å²) in [6.07, 6.45) is 3.59. The van der Waals surface area contributed by atoms with Gasteiger partial charge in [-0.1, -0.05) is 54.6 Å². The van der Waals surface area contributed by atoms with E-state index in [1.165, 1.54) is 11.1 Å². The van der Waals surface area contributed by atoms with Crippen LogP contribution < -0.4 is 28.0 Å². The third kappa shape index (κ3) is 6.91. The van der Waals surface area contributed by atoms with E-state index < -0.39 is 0 Å². The van der Waals surface area contributed by atoms with Crippen LogP contribution in [-0.2, 0) is 19.6 Å². The Labute approximate surface area is 200 Å². The number of para-hydroxylation sites is 1. The van der Waals surface area contributed by atoms with Crippen LogP contribution >= 0.6 is 0 Å². The number of aromatic nitrogens is 2. The Morgan fingerprint density at radius 2 is 1.67 bits per heavy atom. The quantitative estimate of drug-likeness (QED) is 0.350. The Bertz CT molecular complexity index is 1190. The number of rotatable bonds is 10. The molecule has 0 amide bonds. The zero-order valence-corrected chi connectivity index (χ0v) is 19.6. The summed E-state index contributed by atoms with van der Waals surface area (Å²) in [6.45, 7) is 4.48. The van der Waals surface area contributed by atoms with Gasteiger partial charge in [0.1, 0.15) is 12.4 Å². The topological polar surface area (TPSA) is 60.7 Å². The van der Waals surface area contributed by atoms with E-state index in [2.05, 4.69) is 41.5 Å². The van der Waals surface area contributed by atoms with Gasteiger partial charge in [-0.05, 0) is 42.3 Å². The number of benzene rings is 3. The van der Waals surface area contributed by atoms with Crippen molar-refractivity contribution in [2.75, 3.05) is 6.54 Å². The Kier molecular flexibility index (Phi) is 9.04. The minimum atomic E-state index is 0. The molecule has 0 radical (unpaired) electrons. The maximum absolute atomic E-state index is 12.6. The zero-order valence-electron chi connectivity index (χ0n) is 18.9. The predicted molar refractivity (Wildman–Crippen MR) is 128 cm³/mol. The molecule has 0 spiro atoms. The molecule has 3 aromatic carbocycles. The average Bonchev–Trinajstić information content (AvgIpc) is 2.83. The third-order valence-electron chi connectivity index (χ3n) is 5.63. The Balaban J connectivity index is 0.00000306. The van der Waals surface area contributed by atoms with Gasteiger partial charge in [-0.15, -0.1) is 0 Å². The lowest BCUT2D eigenvalue weighted by molar-refractivity contribution is -0.686. The number of nitrogens with zero attached hydrogens (tertiary/aromatic N) is 2. The largest absolute Gasteiger partial charge is 1.00 e. The second-order valence-corrected chi connectivity index (χ2v) is 8.24.